The molecular weight excluding hydrogens is 266 g/mol. The van der Waals surface area contributed by atoms with E-state index in [0.29, 0.717) is 19.1 Å². The molecule has 2 fully saturated rings. The number of carbonyl (C=O) groups is 1. The van der Waals surface area contributed by atoms with Crippen LogP contribution in [0.5, 0.6) is 0 Å². The van der Waals surface area contributed by atoms with Gasteiger partial charge in [0.2, 0.25) is 5.91 Å². The van der Waals surface area contributed by atoms with Crippen molar-refractivity contribution in [3.63, 3.8) is 0 Å². The van der Waals surface area contributed by atoms with Gasteiger partial charge >= 0.3 is 0 Å². The summed E-state index contributed by atoms with van der Waals surface area (Å²) in [7, 11) is 0. The quantitative estimate of drug-likeness (QED) is 0.827. The first-order chi connectivity index (χ1) is 10.2. The van der Waals surface area contributed by atoms with Crippen molar-refractivity contribution in [2.75, 3.05) is 44.3 Å². The number of anilines is 1. The van der Waals surface area contributed by atoms with E-state index in [1.54, 1.807) is 0 Å². The Morgan fingerprint density at radius 1 is 1.19 bits per heavy atom. The van der Waals surface area contributed by atoms with Crippen molar-refractivity contribution in [3.8, 4) is 0 Å². The summed E-state index contributed by atoms with van der Waals surface area (Å²) in [5.41, 5.74) is 1.04. The lowest BCUT2D eigenvalue weighted by molar-refractivity contribution is -0.140. The number of piperidine rings is 1. The minimum atomic E-state index is 0.171. The third kappa shape index (κ3) is 3.35. The third-order valence-electron chi connectivity index (χ3n) is 4.36. The van der Waals surface area contributed by atoms with Gasteiger partial charge in [0.15, 0.2) is 0 Å². The standard InChI is InChI=1S/C16H23N3O2/c1-13-3-2-4-15(17-13)18-7-5-14(6-8-18)16(20)19-9-11-21-12-10-19/h2-4,14H,5-12H2,1H3. The van der Waals surface area contributed by atoms with Crippen LogP contribution < -0.4 is 4.90 Å². The zero-order valence-electron chi connectivity index (χ0n) is 12.6. The van der Waals surface area contributed by atoms with E-state index in [1.165, 1.54) is 0 Å². The highest BCUT2D eigenvalue weighted by molar-refractivity contribution is 5.79. The average Bonchev–Trinajstić information content (AvgIpc) is 2.55. The molecule has 0 unspecified atom stereocenters. The van der Waals surface area contributed by atoms with Crippen molar-refractivity contribution >= 4 is 11.7 Å². The van der Waals surface area contributed by atoms with Gasteiger partial charge in [0.1, 0.15) is 5.82 Å². The molecule has 0 aromatic carbocycles. The van der Waals surface area contributed by atoms with Gasteiger partial charge in [-0.15, -0.1) is 0 Å². The molecule has 0 spiro atoms. The van der Waals surface area contributed by atoms with E-state index in [0.717, 1.165) is 50.5 Å². The topological polar surface area (TPSA) is 45.7 Å². The highest BCUT2D eigenvalue weighted by Gasteiger charge is 2.29. The highest BCUT2D eigenvalue weighted by atomic mass is 16.5. The summed E-state index contributed by atoms with van der Waals surface area (Å²) in [5, 5.41) is 0. The van der Waals surface area contributed by atoms with Crippen LogP contribution in [0, 0.1) is 12.8 Å². The maximum absolute atomic E-state index is 12.5. The van der Waals surface area contributed by atoms with E-state index < -0.39 is 0 Å². The number of aryl methyl sites for hydroxylation is 1. The number of rotatable bonds is 2. The summed E-state index contributed by atoms with van der Waals surface area (Å²) in [6.07, 6.45) is 1.84. The molecule has 2 saturated heterocycles. The number of aromatic nitrogens is 1. The van der Waals surface area contributed by atoms with E-state index >= 15 is 0 Å². The van der Waals surface area contributed by atoms with Crippen LogP contribution in [0.15, 0.2) is 18.2 Å². The van der Waals surface area contributed by atoms with Gasteiger partial charge in [-0.1, -0.05) is 6.07 Å². The van der Waals surface area contributed by atoms with Crippen LogP contribution in [0.1, 0.15) is 18.5 Å². The zero-order chi connectivity index (χ0) is 14.7. The average molecular weight is 289 g/mol. The number of nitrogens with zero attached hydrogens (tertiary/aromatic N) is 3. The Morgan fingerprint density at radius 2 is 1.90 bits per heavy atom. The largest absolute Gasteiger partial charge is 0.378 e. The number of carbonyl (C=O) groups excluding carboxylic acids is 1. The molecule has 2 aliphatic heterocycles. The second-order valence-corrected chi connectivity index (χ2v) is 5.84. The lowest BCUT2D eigenvalue weighted by atomic mass is 9.95. The number of pyridine rings is 1. The molecule has 3 rings (SSSR count). The van der Waals surface area contributed by atoms with Gasteiger partial charge in [0.05, 0.1) is 13.2 Å². The van der Waals surface area contributed by atoms with Crippen LogP contribution in [-0.2, 0) is 9.53 Å². The Morgan fingerprint density at radius 3 is 2.57 bits per heavy atom. The fourth-order valence-corrected chi connectivity index (χ4v) is 3.10. The predicted octanol–water partition coefficient (Wildman–Crippen LogP) is 1.47. The summed E-state index contributed by atoms with van der Waals surface area (Å²) >= 11 is 0. The molecule has 1 amide bonds. The molecule has 2 aliphatic rings. The fourth-order valence-electron chi connectivity index (χ4n) is 3.10. The van der Waals surface area contributed by atoms with Gasteiger partial charge in [0.25, 0.3) is 0 Å². The molecule has 3 heterocycles. The van der Waals surface area contributed by atoms with Gasteiger partial charge in [-0.3, -0.25) is 4.79 Å². The van der Waals surface area contributed by atoms with Gasteiger partial charge in [0, 0.05) is 37.8 Å². The molecule has 5 heteroatoms. The molecular formula is C16H23N3O2. The number of amides is 1. The van der Waals surface area contributed by atoms with E-state index in [4.69, 9.17) is 4.74 Å². The second kappa shape index (κ2) is 6.43. The van der Waals surface area contributed by atoms with Crippen molar-refractivity contribution in [2.45, 2.75) is 19.8 Å². The summed E-state index contributed by atoms with van der Waals surface area (Å²) in [5.74, 6) is 1.52. The molecule has 0 saturated carbocycles. The van der Waals surface area contributed by atoms with Crippen LogP contribution >= 0.6 is 0 Å². The number of hydrogen-bond acceptors (Lipinski definition) is 4. The first-order valence-corrected chi connectivity index (χ1v) is 7.79. The van der Waals surface area contributed by atoms with Crippen molar-refractivity contribution in [3.05, 3.63) is 23.9 Å². The summed E-state index contributed by atoms with van der Waals surface area (Å²) < 4.78 is 5.31. The monoisotopic (exact) mass is 289 g/mol. The zero-order valence-corrected chi connectivity index (χ0v) is 12.6. The number of hydrogen-bond donors (Lipinski definition) is 0. The molecule has 5 nitrogen and oxygen atoms in total. The minimum absolute atomic E-state index is 0.171. The summed E-state index contributed by atoms with van der Waals surface area (Å²) in [4.78, 5) is 21.3. The molecule has 0 N–H and O–H groups in total. The lowest BCUT2D eigenvalue weighted by Crippen LogP contribution is -2.46. The lowest BCUT2D eigenvalue weighted by Gasteiger charge is -2.36. The maximum Gasteiger partial charge on any atom is 0.225 e. The first-order valence-electron chi connectivity index (χ1n) is 7.79. The molecule has 0 radical (unpaired) electrons. The molecule has 1 aromatic rings. The third-order valence-corrected chi connectivity index (χ3v) is 4.36. The van der Waals surface area contributed by atoms with Crippen LogP contribution in [0.3, 0.4) is 0 Å². The van der Waals surface area contributed by atoms with E-state index in [2.05, 4.69) is 16.0 Å². The van der Waals surface area contributed by atoms with Crippen molar-refractivity contribution in [2.24, 2.45) is 5.92 Å². The predicted molar refractivity (Wildman–Crippen MR) is 81.3 cm³/mol. The SMILES string of the molecule is Cc1cccc(N2CCC(C(=O)N3CCOCC3)CC2)n1. The molecule has 114 valence electrons. The Labute approximate surface area is 125 Å². The fraction of sp³-hybridized carbons (Fsp3) is 0.625. The van der Waals surface area contributed by atoms with Crippen molar-refractivity contribution in [1.82, 2.24) is 9.88 Å². The molecule has 0 aliphatic carbocycles. The van der Waals surface area contributed by atoms with Crippen molar-refractivity contribution < 1.29 is 9.53 Å². The highest BCUT2D eigenvalue weighted by Crippen LogP contribution is 2.23. The summed E-state index contributed by atoms with van der Waals surface area (Å²) in [6, 6.07) is 6.11. The normalized spacial score (nSPS) is 20.6. The van der Waals surface area contributed by atoms with Gasteiger partial charge in [-0.2, -0.15) is 0 Å². The molecule has 0 bridgehead atoms. The smallest absolute Gasteiger partial charge is 0.225 e. The summed E-state index contributed by atoms with van der Waals surface area (Å²) in [6.45, 7) is 6.69. The Balaban J connectivity index is 1.56. The minimum Gasteiger partial charge on any atom is -0.378 e. The van der Waals surface area contributed by atoms with Crippen LogP contribution in [0.25, 0.3) is 0 Å². The van der Waals surface area contributed by atoms with Crippen LogP contribution in [-0.4, -0.2) is 55.2 Å². The van der Waals surface area contributed by atoms with Crippen molar-refractivity contribution in [1.29, 1.82) is 0 Å². The van der Waals surface area contributed by atoms with E-state index in [1.807, 2.05) is 24.0 Å². The van der Waals surface area contributed by atoms with Gasteiger partial charge < -0.3 is 14.5 Å². The Bertz CT molecular complexity index is 492. The second-order valence-electron chi connectivity index (χ2n) is 5.84. The molecule has 21 heavy (non-hydrogen) atoms. The first kappa shape index (κ1) is 14.3. The maximum atomic E-state index is 12.5. The van der Waals surface area contributed by atoms with E-state index in [9.17, 15) is 4.79 Å². The van der Waals surface area contributed by atoms with Gasteiger partial charge in [-0.05, 0) is 31.9 Å². The molecule has 0 atom stereocenters. The van der Waals surface area contributed by atoms with Crippen LogP contribution in [0.4, 0.5) is 5.82 Å². The van der Waals surface area contributed by atoms with E-state index in [-0.39, 0.29) is 5.92 Å². The van der Waals surface area contributed by atoms with Gasteiger partial charge in [-0.25, -0.2) is 4.98 Å². The number of morpholine rings is 1. The number of ether oxygens (including phenoxy) is 1. The Kier molecular flexibility index (Phi) is 4.39. The van der Waals surface area contributed by atoms with Crippen LogP contribution in [0.2, 0.25) is 0 Å². The Hall–Kier alpha value is -1.62. The molecule has 1 aromatic heterocycles.